The van der Waals surface area contributed by atoms with Crippen LogP contribution in [0.5, 0.6) is 0 Å². The summed E-state index contributed by atoms with van der Waals surface area (Å²) in [6.45, 7) is 0. The lowest BCUT2D eigenvalue weighted by Crippen LogP contribution is -1.82. The third kappa shape index (κ3) is 2.80. The van der Waals surface area contributed by atoms with Crippen molar-refractivity contribution in [3.8, 4) is 21.8 Å². The monoisotopic (exact) mass is 363 g/mol. The van der Waals surface area contributed by atoms with Crippen molar-refractivity contribution in [3.05, 3.63) is 64.5 Å². The van der Waals surface area contributed by atoms with Crippen LogP contribution in [0, 0.1) is 0 Å². The first-order chi connectivity index (χ1) is 9.78. The van der Waals surface area contributed by atoms with E-state index in [-0.39, 0.29) is 0 Å². The third-order valence-corrected chi connectivity index (χ3v) is 5.25. The summed E-state index contributed by atoms with van der Waals surface area (Å²) in [5.41, 5.74) is 3.28. The van der Waals surface area contributed by atoms with Crippen LogP contribution in [0.3, 0.4) is 0 Å². The van der Waals surface area contributed by atoms with Gasteiger partial charge in [0.15, 0.2) is 0 Å². The molecule has 0 radical (unpaired) electrons. The molecule has 1 nitrogen and oxygen atoms in total. The highest BCUT2D eigenvalue weighted by Gasteiger charge is 2.13. The van der Waals surface area contributed by atoms with E-state index in [1.807, 2.05) is 42.5 Å². The van der Waals surface area contributed by atoms with E-state index < -0.39 is 0 Å². The van der Waals surface area contributed by atoms with Crippen molar-refractivity contribution in [1.29, 1.82) is 0 Å². The standard InChI is InChI=1S/C16H11BrClNS/c17-10-14-15(11-6-8-13(18)9-7-11)19-16(20-14)12-4-2-1-3-5-12/h1-9H,10H2. The van der Waals surface area contributed by atoms with Gasteiger partial charge in [-0.05, 0) is 12.1 Å². The minimum Gasteiger partial charge on any atom is -0.236 e. The van der Waals surface area contributed by atoms with Crippen molar-refractivity contribution in [3.63, 3.8) is 0 Å². The molecule has 0 unspecified atom stereocenters. The molecule has 0 bridgehead atoms. The largest absolute Gasteiger partial charge is 0.236 e. The molecule has 0 saturated carbocycles. The molecule has 1 aromatic heterocycles. The Morgan fingerprint density at radius 2 is 1.65 bits per heavy atom. The van der Waals surface area contributed by atoms with E-state index >= 15 is 0 Å². The molecule has 0 amide bonds. The van der Waals surface area contributed by atoms with Crippen molar-refractivity contribution >= 4 is 38.9 Å². The second kappa shape index (κ2) is 6.08. The second-order valence-electron chi connectivity index (χ2n) is 4.30. The van der Waals surface area contributed by atoms with E-state index in [9.17, 15) is 0 Å². The number of nitrogens with zero attached hydrogens (tertiary/aromatic N) is 1. The molecule has 1 heterocycles. The molecule has 0 saturated heterocycles. The van der Waals surface area contributed by atoms with Gasteiger partial charge in [0.05, 0.1) is 5.69 Å². The maximum absolute atomic E-state index is 5.95. The smallest absolute Gasteiger partial charge is 0.124 e. The van der Waals surface area contributed by atoms with Crippen LogP contribution in [0.15, 0.2) is 54.6 Å². The molecular formula is C16H11BrClNS. The number of hydrogen-bond acceptors (Lipinski definition) is 2. The van der Waals surface area contributed by atoms with Crippen molar-refractivity contribution in [1.82, 2.24) is 4.98 Å². The minimum atomic E-state index is 0.743. The highest BCUT2D eigenvalue weighted by molar-refractivity contribution is 9.08. The van der Waals surface area contributed by atoms with Gasteiger partial charge in [0.2, 0.25) is 0 Å². The summed E-state index contributed by atoms with van der Waals surface area (Å²) in [4.78, 5) is 6.02. The second-order valence-corrected chi connectivity index (χ2v) is 6.38. The van der Waals surface area contributed by atoms with Crippen LogP contribution in [0.25, 0.3) is 21.8 Å². The number of aromatic nitrogens is 1. The van der Waals surface area contributed by atoms with Gasteiger partial charge < -0.3 is 0 Å². The van der Waals surface area contributed by atoms with Crippen LogP contribution in [0.2, 0.25) is 5.02 Å². The van der Waals surface area contributed by atoms with E-state index in [2.05, 4.69) is 28.1 Å². The Balaban J connectivity index is 2.07. The summed E-state index contributed by atoms with van der Waals surface area (Å²) in [5, 5.41) is 2.59. The van der Waals surface area contributed by atoms with Gasteiger partial charge in [0, 0.05) is 26.4 Å². The SMILES string of the molecule is Clc1ccc(-c2nc(-c3ccccc3)sc2CBr)cc1. The number of rotatable bonds is 3. The number of hydrogen-bond donors (Lipinski definition) is 0. The Kier molecular flexibility index (Phi) is 4.20. The Labute approximate surface area is 135 Å². The normalized spacial score (nSPS) is 10.7. The topological polar surface area (TPSA) is 12.9 Å². The average Bonchev–Trinajstić information content (AvgIpc) is 2.93. The molecule has 0 fully saturated rings. The fraction of sp³-hybridized carbons (Fsp3) is 0.0625. The summed E-state index contributed by atoms with van der Waals surface area (Å²) in [6, 6.07) is 18.1. The zero-order chi connectivity index (χ0) is 13.9. The van der Waals surface area contributed by atoms with Gasteiger partial charge in [-0.3, -0.25) is 0 Å². The van der Waals surface area contributed by atoms with Gasteiger partial charge in [0.25, 0.3) is 0 Å². The van der Waals surface area contributed by atoms with Crippen molar-refractivity contribution in [2.75, 3.05) is 0 Å². The maximum Gasteiger partial charge on any atom is 0.124 e. The Bertz CT molecular complexity index is 707. The number of thiazole rings is 1. The third-order valence-electron chi connectivity index (χ3n) is 2.96. The lowest BCUT2D eigenvalue weighted by Gasteiger charge is -1.99. The summed E-state index contributed by atoms with van der Waals surface area (Å²) in [5.74, 6) is 0. The zero-order valence-corrected chi connectivity index (χ0v) is 13.7. The summed E-state index contributed by atoms with van der Waals surface area (Å²) >= 11 is 11.2. The van der Waals surface area contributed by atoms with E-state index in [1.54, 1.807) is 11.3 Å². The average molecular weight is 365 g/mol. The molecule has 4 heteroatoms. The van der Waals surface area contributed by atoms with E-state index in [0.29, 0.717) is 0 Å². The van der Waals surface area contributed by atoms with Gasteiger partial charge in [-0.1, -0.05) is 70.0 Å². The first-order valence-electron chi connectivity index (χ1n) is 6.15. The highest BCUT2D eigenvalue weighted by atomic mass is 79.9. The molecule has 0 spiro atoms. The van der Waals surface area contributed by atoms with Crippen LogP contribution in [-0.4, -0.2) is 4.98 Å². The van der Waals surface area contributed by atoms with Crippen molar-refractivity contribution in [2.24, 2.45) is 0 Å². The Hall–Kier alpha value is -1.16. The van der Waals surface area contributed by atoms with Crippen molar-refractivity contribution < 1.29 is 0 Å². The molecule has 0 aliphatic heterocycles. The van der Waals surface area contributed by atoms with Gasteiger partial charge >= 0.3 is 0 Å². The Morgan fingerprint density at radius 1 is 0.950 bits per heavy atom. The van der Waals surface area contributed by atoms with E-state index in [4.69, 9.17) is 16.6 Å². The number of benzene rings is 2. The Morgan fingerprint density at radius 3 is 2.30 bits per heavy atom. The molecule has 3 aromatic rings. The fourth-order valence-electron chi connectivity index (χ4n) is 1.98. The van der Waals surface area contributed by atoms with Gasteiger partial charge in [0.1, 0.15) is 5.01 Å². The molecule has 0 atom stereocenters. The van der Waals surface area contributed by atoms with E-state index in [1.165, 1.54) is 4.88 Å². The predicted octanol–water partition coefficient (Wildman–Crippen LogP) is 6.03. The van der Waals surface area contributed by atoms with Crippen LogP contribution < -0.4 is 0 Å². The minimum absolute atomic E-state index is 0.743. The first kappa shape index (κ1) is 13.8. The molecular weight excluding hydrogens is 354 g/mol. The quantitative estimate of drug-likeness (QED) is 0.517. The van der Waals surface area contributed by atoms with Crippen LogP contribution >= 0.6 is 38.9 Å². The van der Waals surface area contributed by atoms with Gasteiger partial charge in [-0.15, -0.1) is 11.3 Å². The molecule has 20 heavy (non-hydrogen) atoms. The zero-order valence-electron chi connectivity index (χ0n) is 10.5. The molecule has 0 aliphatic carbocycles. The lowest BCUT2D eigenvalue weighted by atomic mass is 10.1. The van der Waals surface area contributed by atoms with Gasteiger partial charge in [-0.25, -0.2) is 4.98 Å². The highest BCUT2D eigenvalue weighted by Crippen LogP contribution is 2.35. The summed E-state index contributed by atoms with van der Waals surface area (Å²) in [7, 11) is 0. The first-order valence-corrected chi connectivity index (χ1v) is 8.46. The molecule has 0 N–H and O–H groups in total. The van der Waals surface area contributed by atoms with Gasteiger partial charge in [-0.2, -0.15) is 0 Å². The predicted molar refractivity (Wildman–Crippen MR) is 90.6 cm³/mol. The van der Waals surface area contributed by atoms with Crippen LogP contribution in [0.4, 0.5) is 0 Å². The number of alkyl halides is 1. The summed E-state index contributed by atoms with van der Waals surface area (Å²) in [6.07, 6.45) is 0. The number of halogens is 2. The fourth-order valence-corrected chi connectivity index (χ4v) is 3.65. The molecule has 100 valence electrons. The molecule has 3 rings (SSSR count). The van der Waals surface area contributed by atoms with Crippen LogP contribution in [0.1, 0.15) is 4.88 Å². The summed E-state index contributed by atoms with van der Waals surface area (Å²) < 4.78 is 0. The van der Waals surface area contributed by atoms with Crippen LogP contribution in [-0.2, 0) is 5.33 Å². The molecule has 0 aliphatic rings. The van der Waals surface area contributed by atoms with E-state index in [0.717, 1.165) is 32.2 Å². The maximum atomic E-state index is 5.95. The lowest BCUT2D eigenvalue weighted by molar-refractivity contribution is 1.36. The van der Waals surface area contributed by atoms with Crippen molar-refractivity contribution in [2.45, 2.75) is 5.33 Å². The molecule has 2 aromatic carbocycles.